The Balaban J connectivity index is 2.16. The number of nitrogens with two attached hydrogens (primary N) is 1. The highest BCUT2D eigenvalue weighted by molar-refractivity contribution is 5.79. The summed E-state index contributed by atoms with van der Waals surface area (Å²) in [6, 6.07) is 5.99. The molecule has 2 heterocycles. The molecule has 0 amide bonds. The zero-order valence-corrected chi connectivity index (χ0v) is 11.2. The minimum Gasteiger partial charge on any atom is -0.476 e. The smallest absolute Gasteiger partial charge is 0.247 e. The predicted molar refractivity (Wildman–Crippen MR) is 76.1 cm³/mol. The van der Waals surface area contributed by atoms with Gasteiger partial charge in [0.15, 0.2) is 11.2 Å². The number of nitrogen functional groups attached to an aromatic ring is 1. The molecule has 0 bridgehead atoms. The van der Waals surface area contributed by atoms with Gasteiger partial charge in [-0.2, -0.15) is 9.97 Å². The molecule has 0 spiro atoms. The van der Waals surface area contributed by atoms with Gasteiger partial charge >= 0.3 is 0 Å². The molecule has 1 aromatic carbocycles. The van der Waals surface area contributed by atoms with E-state index in [1.165, 1.54) is 12.1 Å². The van der Waals surface area contributed by atoms with Gasteiger partial charge in [0, 0.05) is 5.56 Å². The number of aromatic nitrogens is 4. The van der Waals surface area contributed by atoms with Crippen LogP contribution in [-0.4, -0.2) is 26.5 Å². The number of benzene rings is 1. The van der Waals surface area contributed by atoms with Crippen LogP contribution in [-0.2, 0) is 0 Å². The highest BCUT2D eigenvalue weighted by Gasteiger charge is 2.12. The molecular weight excluding hydrogens is 273 g/mol. The van der Waals surface area contributed by atoms with Crippen LogP contribution in [0.15, 0.2) is 30.5 Å². The Morgan fingerprint density at radius 1 is 1.14 bits per heavy atom. The van der Waals surface area contributed by atoms with Crippen molar-refractivity contribution in [3.05, 3.63) is 36.3 Å². The van der Waals surface area contributed by atoms with Gasteiger partial charge in [-0.15, -0.1) is 0 Å². The van der Waals surface area contributed by atoms with Crippen molar-refractivity contribution in [2.45, 2.75) is 6.92 Å². The van der Waals surface area contributed by atoms with E-state index >= 15 is 0 Å². The Morgan fingerprint density at radius 3 is 2.62 bits per heavy atom. The fraction of sp³-hybridized carbons (Fsp3) is 0.143. The van der Waals surface area contributed by atoms with E-state index in [9.17, 15) is 4.39 Å². The van der Waals surface area contributed by atoms with Crippen LogP contribution < -0.4 is 10.5 Å². The summed E-state index contributed by atoms with van der Waals surface area (Å²) >= 11 is 0. The van der Waals surface area contributed by atoms with Gasteiger partial charge in [0.05, 0.1) is 18.5 Å². The summed E-state index contributed by atoms with van der Waals surface area (Å²) in [5.74, 6) is 0.0601. The maximum atomic E-state index is 13.0. The second-order valence-corrected chi connectivity index (χ2v) is 4.25. The van der Waals surface area contributed by atoms with E-state index < -0.39 is 0 Å². The summed E-state index contributed by atoms with van der Waals surface area (Å²) in [5, 5.41) is 0. The molecule has 6 nitrogen and oxygen atoms in total. The summed E-state index contributed by atoms with van der Waals surface area (Å²) in [4.78, 5) is 16.7. The van der Waals surface area contributed by atoms with E-state index in [2.05, 4.69) is 19.9 Å². The number of anilines is 1. The second kappa shape index (κ2) is 5.28. The highest BCUT2D eigenvalue weighted by Crippen LogP contribution is 2.24. The van der Waals surface area contributed by atoms with E-state index in [-0.39, 0.29) is 17.6 Å². The maximum Gasteiger partial charge on any atom is 0.247 e. The predicted octanol–water partition coefficient (Wildman–Crippen LogP) is 2.21. The summed E-state index contributed by atoms with van der Waals surface area (Å²) in [5.41, 5.74) is 7.71. The minimum atomic E-state index is -0.307. The largest absolute Gasteiger partial charge is 0.476 e. The van der Waals surface area contributed by atoms with Gasteiger partial charge in [-0.25, -0.2) is 14.4 Å². The molecule has 0 aliphatic rings. The zero-order valence-electron chi connectivity index (χ0n) is 11.2. The van der Waals surface area contributed by atoms with E-state index in [1.54, 1.807) is 18.3 Å². The van der Waals surface area contributed by atoms with E-state index in [0.717, 1.165) is 5.56 Å². The van der Waals surface area contributed by atoms with Crippen LogP contribution in [0.3, 0.4) is 0 Å². The van der Waals surface area contributed by atoms with Crippen LogP contribution in [0, 0.1) is 5.82 Å². The van der Waals surface area contributed by atoms with Crippen molar-refractivity contribution < 1.29 is 9.13 Å². The molecule has 0 saturated carbocycles. The average molecular weight is 285 g/mol. The topological polar surface area (TPSA) is 86.8 Å². The monoisotopic (exact) mass is 285 g/mol. The third-order valence-electron chi connectivity index (χ3n) is 2.81. The first-order valence-electron chi connectivity index (χ1n) is 6.36. The number of nitrogens with zero attached hydrogens (tertiary/aromatic N) is 4. The zero-order chi connectivity index (χ0) is 14.8. The van der Waals surface area contributed by atoms with Crippen molar-refractivity contribution in [2.24, 2.45) is 0 Å². The van der Waals surface area contributed by atoms with Crippen molar-refractivity contribution in [2.75, 3.05) is 12.3 Å². The molecule has 2 N–H and O–H groups in total. The maximum absolute atomic E-state index is 13.0. The molecule has 21 heavy (non-hydrogen) atoms. The van der Waals surface area contributed by atoms with Crippen molar-refractivity contribution in [1.82, 2.24) is 19.9 Å². The molecule has 0 fully saturated rings. The Hall–Kier alpha value is -2.83. The quantitative estimate of drug-likeness (QED) is 0.794. The van der Waals surface area contributed by atoms with Gasteiger partial charge in [0.2, 0.25) is 11.8 Å². The first-order chi connectivity index (χ1) is 10.2. The third kappa shape index (κ3) is 2.58. The summed E-state index contributed by atoms with van der Waals surface area (Å²) < 4.78 is 18.4. The van der Waals surface area contributed by atoms with E-state index in [4.69, 9.17) is 10.5 Å². The number of hydrogen-bond donors (Lipinski definition) is 1. The first kappa shape index (κ1) is 13.2. The summed E-state index contributed by atoms with van der Waals surface area (Å²) in [6.07, 6.45) is 1.55. The van der Waals surface area contributed by atoms with Gasteiger partial charge < -0.3 is 10.5 Å². The third-order valence-corrected chi connectivity index (χ3v) is 2.81. The van der Waals surface area contributed by atoms with Crippen molar-refractivity contribution >= 4 is 17.1 Å². The molecule has 7 heteroatoms. The first-order valence-corrected chi connectivity index (χ1v) is 6.36. The van der Waals surface area contributed by atoms with Crippen LogP contribution in [0.1, 0.15) is 6.92 Å². The fourth-order valence-corrected chi connectivity index (χ4v) is 1.90. The molecule has 3 rings (SSSR count). The van der Waals surface area contributed by atoms with E-state index in [1.807, 2.05) is 6.92 Å². The van der Waals surface area contributed by atoms with Crippen LogP contribution in [0.4, 0.5) is 10.3 Å². The van der Waals surface area contributed by atoms with Crippen molar-refractivity contribution in [3.63, 3.8) is 0 Å². The van der Waals surface area contributed by atoms with Crippen LogP contribution >= 0.6 is 0 Å². The number of fused-ring (bicyclic) bond motifs is 1. The molecular formula is C14H12FN5O. The molecule has 2 aromatic heterocycles. The van der Waals surface area contributed by atoms with Crippen molar-refractivity contribution in [3.8, 4) is 17.1 Å². The average Bonchev–Trinajstić information content (AvgIpc) is 2.48. The molecule has 0 aliphatic carbocycles. The van der Waals surface area contributed by atoms with Gasteiger partial charge in [-0.3, -0.25) is 0 Å². The molecule has 0 saturated heterocycles. The van der Waals surface area contributed by atoms with Crippen LogP contribution in [0.2, 0.25) is 0 Å². The lowest BCUT2D eigenvalue weighted by atomic mass is 10.1. The fourth-order valence-electron chi connectivity index (χ4n) is 1.90. The lowest BCUT2D eigenvalue weighted by Gasteiger charge is -2.07. The van der Waals surface area contributed by atoms with E-state index in [0.29, 0.717) is 23.5 Å². The summed E-state index contributed by atoms with van der Waals surface area (Å²) in [7, 11) is 0. The molecule has 3 aromatic rings. The lowest BCUT2D eigenvalue weighted by Crippen LogP contribution is -2.04. The second-order valence-electron chi connectivity index (χ2n) is 4.25. The number of hydrogen-bond acceptors (Lipinski definition) is 6. The van der Waals surface area contributed by atoms with Gasteiger partial charge in [-0.1, -0.05) is 0 Å². The molecule has 106 valence electrons. The highest BCUT2D eigenvalue weighted by atomic mass is 19.1. The minimum absolute atomic E-state index is 0.0785. The molecule has 0 radical (unpaired) electrons. The standard InChI is InChI=1S/C14H12FN5O/c1-2-21-13-11-12(19-14(16)20-13)17-7-10(18-11)8-3-5-9(15)6-4-8/h3-7H,2H2,1H3,(H2,16,17,19,20). The molecule has 0 aliphatic heterocycles. The number of rotatable bonds is 3. The number of ether oxygens (including phenoxy) is 1. The van der Waals surface area contributed by atoms with Crippen LogP contribution in [0.5, 0.6) is 5.88 Å². The van der Waals surface area contributed by atoms with Crippen molar-refractivity contribution in [1.29, 1.82) is 0 Å². The molecule has 0 atom stereocenters. The number of halogens is 1. The SMILES string of the molecule is CCOc1nc(N)nc2ncc(-c3ccc(F)cc3)nc12. The Labute approximate surface area is 119 Å². The Kier molecular flexibility index (Phi) is 3.31. The van der Waals surface area contributed by atoms with Gasteiger partial charge in [0.25, 0.3) is 0 Å². The Morgan fingerprint density at radius 2 is 1.90 bits per heavy atom. The summed E-state index contributed by atoms with van der Waals surface area (Å²) in [6.45, 7) is 2.26. The molecule has 0 unspecified atom stereocenters. The normalized spacial score (nSPS) is 10.8. The Bertz CT molecular complexity index is 791. The van der Waals surface area contributed by atoms with Crippen LogP contribution in [0.25, 0.3) is 22.4 Å². The lowest BCUT2D eigenvalue weighted by molar-refractivity contribution is 0.330. The van der Waals surface area contributed by atoms with Gasteiger partial charge in [0.1, 0.15) is 5.82 Å². The van der Waals surface area contributed by atoms with Gasteiger partial charge in [-0.05, 0) is 31.2 Å².